The first kappa shape index (κ1) is 13.1. The van der Waals surface area contributed by atoms with Gasteiger partial charge in [0.15, 0.2) is 5.82 Å². The first-order valence-corrected chi connectivity index (χ1v) is 6.81. The molecule has 4 N–H and O–H groups in total. The minimum absolute atomic E-state index is 0.0574. The Balaban J connectivity index is 2.34. The summed E-state index contributed by atoms with van der Waals surface area (Å²) in [6.07, 6.45) is 3.09. The molecule has 100 valence electrons. The summed E-state index contributed by atoms with van der Waals surface area (Å²) in [6.45, 7) is 0.918. The summed E-state index contributed by atoms with van der Waals surface area (Å²) in [5.74, 6) is 0.0372. The second-order valence-electron chi connectivity index (χ2n) is 4.35. The van der Waals surface area contributed by atoms with E-state index >= 15 is 0 Å². The van der Waals surface area contributed by atoms with Gasteiger partial charge in [0, 0.05) is 13.6 Å². The van der Waals surface area contributed by atoms with Crippen LogP contribution in [0.25, 0.3) is 0 Å². The van der Waals surface area contributed by atoms with Crippen LogP contribution in [0.4, 0.5) is 10.8 Å². The summed E-state index contributed by atoms with van der Waals surface area (Å²) in [4.78, 5) is 13.9. The van der Waals surface area contributed by atoms with Crippen molar-refractivity contribution in [3.8, 4) is 0 Å². The molecule has 1 aromatic heterocycles. The molecule has 1 unspecified atom stereocenters. The minimum atomic E-state index is -0.224. The molecule has 1 aromatic rings. The smallest absolute Gasteiger partial charge is 0.257 e. The standard InChI is InChI=1S/C11H18N4O2S/c1-13-10(17)8-9(12)14-18-11(8)15-5-3-2-4-7(15)6-16/h7,16H,2-6H2,1H3,(H2,12,14)(H,13,17). The zero-order valence-corrected chi connectivity index (χ0v) is 11.2. The molecular formula is C11H18N4O2S. The second kappa shape index (κ2) is 5.53. The van der Waals surface area contributed by atoms with Crippen LogP contribution in [0.15, 0.2) is 0 Å². The number of aromatic nitrogens is 1. The van der Waals surface area contributed by atoms with E-state index in [1.54, 1.807) is 7.05 Å². The van der Waals surface area contributed by atoms with Gasteiger partial charge in [0.25, 0.3) is 5.91 Å². The number of nitrogens with one attached hydrogen (secondary N) is 1. The lowest BCUT2D eigenvalue weighted by Gasteiger charge is -2.35. The van der Waals surface area contributed by atoms with Gasteiger partial charge in [-0.3, -0.25) is 4.79 Å². The molecule has 0 bridgehead atoms. The number of hydrogen-bond acceptors (Lipinski definition) is 6. The Labute approximate surface area is 110 Å². The van der Waals surface area contributed by atoms with Gasteiger partial charge in [-0.15, -0.1) is 0 Å². The number of carbonyl (C=O) groups excluding carboxylic acids is 1. The molecule has 0 saturated carbocycles. The average molecular weight is 270 g/mol. The highest BCUT2D eigenvalue weighted by molar-refractivity contribution is 7.11. The topological polar surface area (TPSA) is 91.5 Å². The summed E-state index contributed by atoms with van der Waals surface area (Å²) in [6, 6.07) is 0.0574. The largest absolute Gasteiger partial charge is 0.394 e. The predicted octanol–water partition coefficient (Wildman–Crippen LogP) is 0.436. The molecule has 7 heteroatoms. The second-order valence-corrected chi connectivity index (χ2v) is 5.10. The fraction of sp³-hybridized carbons (Fsp3) is 0.636. The minimum Gasteiger partial charge on any atom is -0.394 e. The van der Waals surface area contributed by atoms with Crippen LogP contribution in [0.1, 0.15) is 29.6 Å². The van der Waals surface area contributed by atoms with E-state index in [4.69, 9.17) is 5.73 Å². The van der Waals surface area contributed by atoms with Crippen LogP contribution in [0.5, 0.6) is 0 Å². The number of carbonyl (C=O) groups is 1. The van der Waals surface area contributed by atoms with Crippen molar-refractivity contribution in [1.82, 2.24) is 9.69 Å². The highest BCUT2D eigenvalue weighted by atomic mass is 32.1. The zero-order chi connectivity index (χ0) is 13.1. The Bertz CT molecular complexity index is 435. The normalized spacial score (nSPS) is 19.9. The monoisotopic (exact) mass is 270 g/mol. The Kier molecular flexibility index (Phi) is 4.03. The van der Waals surface area contributed by atoms with E-state index in [1.807, 2.05) is 0 Å². The van der Waals surface area contributed by atoms with E-state index in [2.05, 4.69) is 14.6 Å². The third-order valence-corrected chi connectivity index (χ3v) is 4.15. The van der Waals surface area contributed by atoms with E-state index in [1.165, 1.54) is 11.5 Å². The summed E-state index contributed by atoms with van der Waals surface area (Å²) in [7, 11) is 1.57. The Morgan fingerprint density at radius 1 is 1.67 bits per heavy atom. The zero-order valence-electron chi connectivity index (χ0n) is 10.3. The van der Waals surface area contributed by atoms with E-state index in [-0.39, 0.29) is 24.4 Å². The molecule has 0 aromatic carbocycles. The molecule has 1 amide bonds. The van der Waals surface area contributed by atoms with Crippen LogP contribution in [-0.4, -0.2) is 41.6 Å². The number of aliphatic hydroxyl groups is 1. The lowest BCUT2D eigenvalue weighted by molar-refractivity contribution is 0.0964. The molecule has 1 aliphatic rings. The van der Waals surface area contributed by atoms with Crippen molar-refractivity contribution in [2.75, 3.05) is 30.8 Å². The van der Waals surface area contributed by atoms with E-state index < -0.39 is 0 Å². The fourth-order valence-corrected chi connectivity index (χ4v) is 3.20. The van der Waals surface area contributed by atoms with Crippen LogP contribution < -0.4 is 16.0 Å². The third kappa shape index (κ3) is 2.28. The van der Waals surface area contributed by atoms with Gasteiger partial charge in [0.2, 0.25) is 0 Å². The van der Waals surface area contributed by atoms with Crippen molar-refractivity contribution in [1.29, 1.82) is 0 Å². The van der Waals surface area contributed by atoms with Crippen molar-refractivity contribution >= 4 is 28.3 Å². The molecule has 18 heavy (non-hydrogen) atoms. The number of nitrogens with two attached hydrogens (primary N) is 1. The molecule has 1 aliphatic heterocycles. The lowest BCUT2D eigenvalue weighted by atomic mass is 10.0. The van der Waals surface area contributed by atoms with Gasteiger partial charge in [0.05, 0.1) is 12.6 Å². The molecular weight excluding hydrogens is 252 g/mol. The van der Waals surface area contributed by atoms with Crippen molar-refractivity contribution in [3.63, 3.8) is 0 Å². The van der Waals surface area contributed by atoms with E-state index in [0.29, 0.717) is 5.56 Å². The summed E-state index contributed by atoms with van der Waals surface area (Å²) >= 11 is 1.22. The van der Waals surface area contributed by atoms with E-state index in [9.17, 15) is 9.90 Å². The maximum Gasteiger partial charge on any atom is 0.257 e. The van der Waals surface area contributed by atoms with Crippen LogP contribution in [0.2, 0.25) is 0 Å². The Morgan fingerprint density at radius 3 is 3.11 bits per heavy atom. The number of hydrogen-bond donors (Lipinski definition) is 3. The number of rotatable bonds is 3. The van der Waals surface area contributed by atoms with Crippen LogP contribution >= 0.6 is 11.5 Å². The quantitative estimate of drug-likeness (QED) is 0.741. The van der Waals surface area contributed by atoms with Crippen LogP contribution in [0, 0.1) is 0 Å². The molecule has 0 radical (unpaired) electrons. The number of nitrogens with zero attached hydrogens (tertiary/aromatic N) is 2. The van der Waals surface area contributed by atoms with Gasteiger partial charge in [-0.2, -0.15) is 4.37 Å². The van der Waals surface area contributed by atoms with Crippen LogP contribution in [0.3, 0.4) is 0 Å². The maximum atomic E-state index is 11.8. The predicted molar refractivity (Wildman–Crippen MR) is 72.0 cm³/mol. The third-order valence-electron chi connectivity index (χ3n) is 3.25. The van der Waals surface area contributed by atoms with Crippen molar-refractivity contribution < 1.29 is 9.90 Å². The molecule has 2 heterocycles. The van der Waals surface area contributed by atoms with Gasteiger partial charge >= 0.3 is 0 Å². The number of aliphatic hydroxyl groups excluding tert-OH is 1. The van der Waals surface area contributed by atoms with Crippen molar-refractivity contribution in [2.24, 2.45) is 0 Å². The lowest BCUT2D eigenvalue weighted by Crippen LogP contribution is -2.42. The first-order valence-electron chi connectivity index (χ1n) is 6.03. The highest BCUT2D eigenvalue weighted by Gasteiger charge is 2.29. The van der Waals surface area contributed by atoms with Gasteiger partial charge in [0.1, 0.15) is 10.6 Å². The number of amides is 1. The molecule has 1 atom stereocenters. The number of anilines is 2. The van der Waals surface area contributed by atoms with Gasteiger partial charge < -0.3 is 21.1 Å². The number of nitrogen functional groups attached to an aromatic ring is 1. The van der Waals surface area contributed by atoms with E-state index in [0.717, 1.165) is 30.8 Å². The molecule has 0 aliphatic carbocycles. The SMILES string of the molecule is CNC(=O)c1c(N)nsc1N1CCCCC1CO. The molecule has 1 fully saturated rings. The molecule has 0 spiro atoms. The highest BCUT2D eigenvalue weighted by Crippen LogP contribution is 2.34. The van der Waals surface area contributed by atoms with Crippen molar-refractivity contribution in [2.45, 2.75) is 25.3 Å². The fourth-order valence-electron chi connectivity index (χ4n) is 2.29. The molecule has 1 saturated heterocycles. The molecule has 6 nitrogen and oxygen atoms in total. The van der Waals surface area contributed by atoms with Crippen LogP contribution in [-0.2, 0) is 0 Å². The molecule has 2 rings (SSSR count). The number of piperidine rings is 1. The Hall–Kier alpha value is -1.34. The van der Waals surface area contributed by atoms with Gasteiger partial charge in [-0.1, -0.05) is 0 Å². The first-order chi connectivity index (χ1) is 8.69. The summed E-state index contributed by atoms with van der Waals surface area (Å²) in [5, 5.41) is 12.8. The van der Waals surface area contributed by atoms with Crippen molar-refractivity contribution in [3.05, 3.63) is 5.56 Å². The Morgan fingerprint density at radius 2 is 2.44 bits per heavy atom. The average Bonchev–Trinajstić information content (AvgIpc) is 2.79. The van der Waals surface area contributed by atoms with Gasteiger partial charge in [-0.05, 0) is 30.8 Å². The summed E-state index contributed by atoms with van der Waals surface area (Å²) in [5.41, 5.74) is 6.19. The van der Waals surface area contributed by atoms with Gasteiger partial charge in [-0.25, -0.2) is 0 Å². The maximum absolute atomic E-state index is 11.8. The summed E-state index contributed by atoms with van der Waals surface area (Å²) < 4.78 is 4.06.